The average Bonchev–Trinajstić information content (AvgIpc) is 2.31. The summed E-state index contributed by atoms with van der Waals surface area (Å²) >= 11 is 0. The normalized spacial score (nSPS) is 12.5. The van der Waals surface area contributed by atoms with E-state index in [1.54, 1.807) is 0 Å². The molecule has 0 aliphatic carbocycles. The molecule has 0 bridgehead atoms. The summed E-state index contributed by atoms with van der Waals surface area (Å²) in [4.78, 5) is 22.6. The van der Waals surface area contributed by atoms with E-state index in [-0.39, 0.29) is 12.0 Å². The smallest absolute Gasteiger partial charge is 0.326 e. The lowest BCUT2D eigenvalue weighted by molar-refractivity contribution is -0.139. The molecule has 6 nitrogen and oxygen atoms in total. The zero-order chi connectivity index (χ0) is 15.5. The van der Waals surface area contributed by atoms with E-state index >= 15 is 0 Å². The minimum Gasteiger partial charge on any atom is -0.480 e. The molecule has 0 rings (SSSR count). The van der Waals surface area contributed by atoms with E-state index in [4.69, 9.17) is 9.84 Å². The molecule has 0 fully saturated rings. The number of rotatable bonds is 10. The molecular formula is C14H28N2O4. The van der Waals surface area contributed by atoms with Gasteiger partial charge in [-0.2, -0.15) is 0 Å². The zero-order valence-electron chi connectivity index (χ0n) is 12.9. The Bertz CT molecular complexity index is 293. The van der Waals surface area contributed by atoms with Crippen LogP contribution in [-0.4, -0.2) is 42.4 Å². The van der Waals surface area contributed by atoms with E-state index in [1.807, 2.05) is 27.7 Å². The zero-order valence-corrected chi connectivity index (χ0v) is 12.9. The highest BCUT2D eigenvalue weighted by atomic mass is 16.5. The molecule has 20 heavy (non-hydrogen) atoms. The van der Waals surface area contributed by atoms with Crippen LogP contribution in [0.25, 0.3) is 0 Å². The van der Waals surface area contributed by atoms with E-state index < -0.39 is 18.0 Å². The third kappa shape index (κ3) is 10.6. The Labute approximate surface area is 121 Å². The average molecular weight is 288 g/mol. The van der Waals surface area contributed by atoms with E-state index in [2.05, 4.69) is 10.6 Å². The van der Waals surface area contributed by atoms with Gasteiger partial charge in [0.1, 0.15) is 6.04 Å². The summed E-state index contributed by atoms with van der Waals surface area (Å²) in [6, 6.07) is -1.26. The Morgan fingerprint density at radius 3 is 2.30 bits per heavy atom. The minimum atomic E-state index is -1.00. The molecule has 0 aliphatic rings. The van der Waals surface area contributed by atoms with Crippen molar-refractivity contribution in [3.05, 3.63) is 0 Å². The van der Waals surface area contributed by atoms with Crippen LogP contribution in [0.4, 0.5) is 4.79 Å². The van der Waals surface area contributed by atoms with Crippen molar-refractivity contribution in [3.8, 4) is 0 Å². The van der Waals surface area contributed by atoms with Crippen molar-refractivity contribution in [2.75, 3.05) is 13.2 Å². The number of unbranched alkanes of at least 4 members (excludes halogenated alkanes) is 1. The summed E-state index contributed by atoms with van der Waals surface area (Å²) in [5.74, 6) is -0.788. The van der Waals surface area contributed by atoms with Gasteiger partial charge in [0.25, 0.3) is 0 Å². The quantitative estimate of drug-likeness (QED) is 0.536. The van der Waals surface area contributed by atoms with Crippen LogP contribution in [0.5, 0.6) is 0 Å². The van der Waals surface area contributed by atoms with E-state index in [9.17, 15) is 9.59 Å². The fourth-order valence-corrected chi connectivity index (χ4v) is 1.65. The number of hydrogen-bond acceptors (Lipinski definition) is 3. The number of carboxylic acid groups (broad SMARTS) is 1. The molecule has 0 saturated heterocycles. The maximum Gasteiger partial charge on any atom is 0.326 e. The number of carboxylic acids is 1. The van der Waals surface area contributed by atoms with Crippen LogP contribution in [-0.2, 0) is 9.53 Å². The molecule has 0 saturated carbocycles. The second-order valence-corrected chi connectivity index (χ2v) is 5.55. The molecule has 0 aromatic rings. The SMILES string of the molecule is CC(C)CC(NC(=O)NCCCCOC(C)C)C(=O)O. The predicted octanol–water partition coefficient (Wildman–Crippen LogP) is 1.99. The van der Waals surface area contributed by atoms with E-state index in [0.717, 1.165) is 12.8 Å². The first-order valence-corrected chi connectivity index (χ1v) is 7.21. The Balaban J connectivity index is 3.77. The van der Waals surface area contributed by atoms with Crippen LogP contribution >= 0.6 is 0 Å². The summed E-state index contributed by atoms with van der Waals surface area (Å²) in [5, 5.41) is 14.1. The van der Waals surface area contributed by atoms with Crippen LogP contribution in [0, 0.1) is 5.92 Å². The van der Waals surface area contributed by atoms with E-state index in [1.165, 1.54) is 0 Å². The summed E-state index contributed by atoms with van der Waals surface area (Å²) < 4.78 is 5.38. The third-order valence-electron chi connectivity index (χ3n) is 2.62. The second-order valence-electron chi connectivity index (χ2n) is 5.55. The van der Waals surface area contributed by atoms with Crippen LogP contribution < -0.4 is 10.6 Å². The van der Waals surface area contributed by atoms with Gasteiger partial charge in [-0.3, -0.25) is 0 Å². The lowest BCUT2D eigenvalue weighted by Gasteiger charge is -2.17. The van der Waals surface area contributed by atoms with Gasteiger partial charge in [0.05, 0.1) is 6.10 Å². The summed E-state index contributed by atoms with van der Waals surface area (Å²) in [6.07, 6.45) is 2.32. The van der Waals surface area contributed by atoms with Gasteiger partial charge < -0.3 is 20.5 Å². The topological polar surface area (TPSA) is 87.7 Å². The maximum atomic E-state index is 11.6. The number of carbonyl (C=O) groups is 2. The van der Waals surface area contributed by atoms with Gasteiger partial charge >= 0.3 is 12.0 Å². The highest BCUT2D eigenvalue weighted by molar-refractivity contribution is 5.82. The number of aliphatic carboxylic acids is 1. The van der Waals surface area contributed by atoms with Crippen molar-refractivity contribution in [2.45, 2.75) is 59.1 Å². The fourth-order valence-electron chi connectivity index (χ4n) is 1.65. The number of amides is 2. The second kappa shape index (κ2) is 10.5. The molecule has 3 N–H and O–H groups in total. The predicted molar refractivity (Wildman–Crippen MR) is 77.7 cm³/mol. The van der Waals surface area contributed by atoms with Gasteiger partial charge in [0.2, 0.25) is 0 Å². The van der Waals surface area contributed by atoms with Gasteiger partial charge in [0.15, 0.2) is 0 Å². The summed E-state index contributed by atoms with van der Waals surface area (Å²) in [7, 11) is 0. The van der Waals surface area contributed by atoms with E-state index in [0.29, 0.717) is 19.6 Å². The monoisotopic (exact) mass is 288 g/mol. The lowest BCUT2D eigenvalue weighted by atomic mass is 10.0. The number of nitrogens with one attached hydrogen (secondary N) is 2. The van der Waals surface area contributed by atoms with Gasteiger partial charge in [-0.1, -0.05) is 13.8 Å². The van der Waals surface area contributed by atoms with Crippen LogP contribution in [0.1, 0.15) is 47.0 Å². The highest BCUT2D eigenvalue weighted by Crippen LogP contribution is 2.04. The number of carbonyl (C=O) groups excluding carboxylic acids is 1. The van der Waals surface area contributed by atoms with Gasteiger partial charge in [-0.25, -0.2) is 9.59 Å². The number of hydrogen-bond donors (Lipinski definition) is 3. The molecule has 0 heterocycles. The molecule has 0 spiro atoms. The first kappa shape index (κ1) is 18.7. The molecule has 2 amide bonds. The Morgan fingerprint density at radius 2 is 1.80 bits per heavy atom. The molecule has 118 valence electrons. The third-order valence-corrected chi connectivity index (χ3v) is 2.62. The molecule has 1 unspecified atom stereocenters. The van der Waals surface area contributed by atoms with Gasteiger partial charge in [0, 0.05) is 13.2 Å². The van der Waals surface area contributed by atoms with Crippen molar-refractivity contribution < 1.29 is 19.4 Å². The molecule has 0 aromatic heterocycles. The molecule has 1 atom stereocenters. The molecular weight excluding hydrogens is 260 g/mol. The van der Waals surface area contributed by atoms with Crippen molar-refractivity contribution in [1.29, 1.82) is 0 Å². The van der Waals surface area contributed by atoms with Crippen molar-refractivity contribution in [1.82, 2.24) is 10.6 Å². The maximum absolute atomic E-state index is 11.6. The lowest BCUT2D eigenvalue weighted by Crippen LogP contribution is -2.46. The first-order valence-electron chi connectivity index (χ1n) is 7.21. The van der Waals surface area contributed by atoms with Gasteiger partial charge in [-0.05, 0) is 39.0 Å². The van der Waals surface area contributed by atoms with Crippen molar-refractivity contribution >= 4 is 12.0 Å². The molecule has 0 aromatic carbocycles. The summed E-state index contributed by atoms with van der Waals surface area (Å²) in [6.45, 7) is 8.99. The first-order chi connectivity index (χ1) is 9.32. The minimum absolute atomic E-state index is 0.213. The molecule has 0 aliphatic heterocycles. The standard InChI is InChI=1S/C14H28N2O4/c1-10(2)9-12(13(17)18)16-14(19)15-7-5-6-8-20-11(3)4/h10-12H,5-9H2,1-4H3,(H,17,18)(H2,15,16,19). The van der Waals surface area contributed by atoms with Crippen molar-refractivity contribution in [2.24, 2.45) is 5.92 Å². The number of ether oxygens (including phenoxy) is 1. The number of urea groups is 1. The molecule has 0 radical (unpaired) electrons. The Morgan fingerprint density at radius 1 is 1.15 bits per heavy atom. The van der Waals surface area contributed by atoms with Crippen LogP contribution in [0.15, 0.2) is 0 Å². The van der Waals surface area contributed by atoms with Gasteiger partial charge in [-0.15, -0.1) is 0 Å². The Hall–Kier alpha value is -1.30. The largest absolute Gasteiger partial charge is 0.480 e. The fraction of sp³-hybridized carbons (Fsp3) is 0.857. The Kier molecular flexibility index (Phi) is 9.80. The van der Waals surface area contributed by atoms with Crippen molar-refractivity contribution in [3.63, 3.8) is 0 Å². The van der Waals surface area contributed by atoms with Crippen LogP contribution in [0.2, 0.25) is 0 Å². The summed E-state index contributed by atoms with van der Waals surface area (Å²) in [5.41, 5.74) is 0. The molecule has 6 heteroatoms. The van der Waals surface area contributed by atoms with Crippen LogP contribution in [0.3, 0.4) is 0 Å². The highest BCUT2D eigenvalue weighted by Gasteiger charge is 2.20.